The predicted molar refractivity (Wildman–Crippen MR) is 49.2 cm³/mol. The van der Waals surface area contributed by atoms with Crippen LogP contribution in [0.3, 0.4) is 0 Å². The first-order valence-electron chi connectivity index (χ1n) is 3.83. The number of benzene rings is 1. The van der Waals surface area contributed by atoms with Crippen LogP contribution in [-0.2, 0) is 0 Å². The van der Waals surface area contributed by atoms with Crippen LogP contribution in [-0.4, -0.2) is 11.2 Å². The van der Waals surface area contributed by atoms with E-state index in [-0.39, 0.29) is 6.10 Å². The summed E-state index contributed by atoms with van der Waals surface area (Å²) >= 11 is 3.37. The van der Waals surface area contributed by atoms with Gasteiger partial charge in [0, 0.05) is 5.56 Å². The monoisotopic (exact) mass is 228 g/mol. The third-order valence-electron chi connectivity index (χ3n) is 2.06. The molecule has 2 atom stereocenters. The third kappa shape index (κ3) is 1.04. The first kappa shape index (κ1) is 8.08. The van der Waals surface area contributed by atoms with E-state index in [0.29, 0.717) is 0 Å². The zero-order valence-electron chi connectivity index (χ0n) is 6.62. The van der Waals surface area contributed by atoms with Crippen LogP contribution in [0.25, 0.3) is 0 Å². The van der Waals surface area contributed by atoms with Gasteiger partial charge in [-0.15, -0.1) is 0 Å². The van der Waals surface area contributed by atoms with Gasteiger partial charge in [-0.05, 0) is 28.9 Å². The highest BCUT2D eigenvalue weighted by atomic mass is 79.9. The highest BCUT2D eigenvalue weighted by molar-refractivity contribution is 9.10. The summed E-state index contributed by atoms with van der Waals surface area (Å²) in [6, 6.07) is 5.69. The van der Waals surface area contributed by atoms with Crippen molar-refractivity contribution in [3.8, 4) is 5.75 Å². The van der Waals surface area contributed by atoms with Crippen LogP contribution in [0.1, 0.15) is 18.6 Å². The fourth-order valence-corrected chi connectivity index (χ4v) is 1.86. The molecular weight excluding hydrogens is 220 g/mol. The van der Waals surface area contributed by atoms with Crippen LogP contribution in [0.15, 0.2) is 22.7 Å². The Balaban J connectivity index is 2.53. The lowest BCUT2D eigenvalue weighted by Crippen LogP contribution is -2.12. The van der Waals surface area contributed by atoms with Crippen molar-refractivity contribution in [2.24, 2.45) is 0 Å². The number of hydrogen-bond acceptors (Lipinski definition) is 2. The lowest BCUT2D eigenvalue weighted by molar-refractivity contribution is 0.0793. The number of rotatable bonds is 0. The lowest BCUT2D eigenvalue weighted by Gasteiger charge is -2.06. The SMILES string of the molecule is CC1Oc2c(Br)cccc2C1O. The van der Waals surface area contributed by atoms with E-state index >= 15 is 0 Å². The molecule has 0 fully saturated rings. The average Bonchev–Trinajstić information content (AvgIpc) is 2.32. The molecule has 0 radical (unpaired) electrons. The molecule has 0 bridgehead atoms. The maximum Gasteiger partial charge on any atom is 0.139 e. The maximum absolute atomic E-state index is 9.63. The Hall–Kier alpha value is -0.540. The van der Waals surface area contributed by atoms with E-state index in [1.165, 1.54) is 0 Å². The molecular formula is C9H9BrO2. The Morgan fingerprint density at radius 3 is 2.92 bits per heavy atom. The summed E-state index contributed by atoms with van der Waals surface area (Å²) in [5, 5.41) is 9.63. The standard InChI is InChI=1S/C9H9BrO2/c1-5-8(11)6-3-2-4-7(10)9(6)12-5/h2-5,8,11H,1H3. The second kappa shape index (κ2) is 2.75. The van der Waals surface area contributed by atoms with Crippen molar-refractivity contribution in [3.05, 3.63) is 28.2 Å². The highest BCUT2D eigenvalue weighted by Crippen LogP contribution is 2.41. The second-order valence-electron chi connectivity index (χ2n) is 2.93. The topological polar surface area (TPSA) is 29.5 Å². The molecule has 1 aliphatic rings. The normalized spacial score (nSPS) is 26.6. The maximum atomic E-state index is 9.63. The number of aliphatic hydroxyl groups excluding tert-OH is 1. The quantitative estimate of drug-likeness (QED) is 0.739. The van der Waals surface area contributed by atoms with E-state index in [1.807, 2.05) is 25.1 Å². The Morgan fingerprint density at radius 1 is 1.50 bits per heavy atom. The van der Waals surface area contributed by atoms with Crippen LogP contribution in [0.5, 0.6) is 5.75 Å². The summed E-state index contributed by atoms with van der Waals surface area (Å²) in [4.78, 5) is 0. The Labute approximate surface area is 79.3 Å². The molecule has 1 heterocycles. The van der Waals surface area contributed by atoms with Gasteiger partial charge in [-0.25, -0.2) is 0 Å². The number of para-hydroxylation sites is 1. The van der Waals surface area contributed by atoms with Crippen LogP contribution in [0.2, 0.25) is 0 Å². The van der Waals surface area contributed by atoms with Crippen molar-refractivity contribution in [2.45, 2.75) is 19.1 Å². The summed E-state index contributed by atoms with van der Waals surface area (Å²) in [6.45, 7) is 1.86. The van der Waals surface area contributed by atoms with E-state index < -0.39 is 6.10 Å². The molecule has 3 heteroatoms. The Bertz CT molecular complexity index is 311. The van der Waals surface area contributed by atoms with Crippen LogP contribution in [0, 0.1) is 0 Å². The minimum absolute atomic E-state index is 0.140. The van der Waals surface area contributed by atoms with Gasteiger partial charge in [0.05, 0.1) is 4.47 Å². The number of ether oxygens (including phenoxy) is 1. The molecule has 1 aromatic rings. The van der Waals surface area contributed by atoms with E-state index in [2.05, 4.69) is 15.9 Å². The van der Waals surface area contributed by atoms with Crippen molar-refractivity contribution in [1.82, 2.24) is 0 Å². The van der Waals surface area contributed by atoms with Crippen LogP contribution >= 0.6 is 15.9 Å². The number of fused-ring (bicyclic) bond motifs is 1. The molecule has 1 aromatic carbocycles. The Kier molecular flexibility index (Phi) is 1.85. The molecule has 0 aromatic heterocycles. The van der Waals surface area contributed by atoms with Crippen molar-refractivity contribution in [3.63, 3.8) is 0 Å². The lowest BCUT2D eigenvalue weighted by atomic mass is 10.1. The van der Waals surface area contributed by atoms with Gasteiger partial charge in [-0.1, -0.05) is 12.1 Å². The van der Waals surface area contributed by atoms with E-state index in [4.69, 9.17) is 4.74 Å². The minimum atomic E-state index is -0.488. The third-order valence-corrected chi connectivity index (χ3v) is 2.69. The van der Waals surface area contributed by atoms with Gasteiger partial charge in [0.15, 0.2) is 0 Å². The average molecular weight is 229 g/mol. The second-order valence-corrected chi connectivity index (χ2v) is 3.78. The first-order valence-corrected chi connectivity index (χ1v) is 4.62. The molecule has 64 valence electrons. The minimum Gasteiger partial charge on any atom is -0.486 e. The molecule has 1 N–H and O–H groups in total. The predicted octanol–water partition coefficient (Wildman–Crippen LogP) is 2.26. The van der Waals surface area contributed by atoms with Gasteiger partial charge in [0.1, 0.15) is 18.0 Å². The van der Waals surface area contributed by atoms with Gasteiger partial charge in [0.25, 0.3) is 0 Å². The van der Waals surface area contributed by atoms with E-state index in [0.717, 1.165) is 15.8 Å². The molecule has 0 amide bonds. The summed E-state index contributed by atoms with van der Waals surface area (Å²) in [7, 11) is 0. The number of hydrogen-bond donors (Lipinski definition) is 1. The van der Waals surface area contributed by atoms with Gasteiger partial charge in [-0.3, -0.25) is 0 Å². The summed E-state index contributed by atoms with van der Waals surface area (Å²) in [6.07, 6.45) is -0.629. The first-order chi connectivity index (χ1) is 5.70. The van der Waals surface area contributed by atoms with Crippen molar-refractivity contribution in [1.29, 1.82) is 0 Å². The molecule has 2 unspecified atom stereocenters. The Morgan fingerprint density at radius 2 is 2.25 bits per heavy atom. The van der Waals surface area contributed by atoms with E-state index in [9.17, 15) is 5.11 Å². The molecule has 12 heavy (non-hydrogen) atoms. The fourth-order valence-electron chi connectivity index (χ4n) is 1.39. The van der Waals surface area contributed by atoms with Crippen molar-refractivity contribution >= 4 is 15.9 Å². The molecule has 0 aliphatic carbocycles. The summed E-state index contributed by atoms with van der Waals surface area (Å²) in [5.41, 5.74) is 0.872. The van der Waals surface area contributed by atoms with Crippen molar-refractivity contribution in [2.75, 3.05) is 0 Å². The number of aliphatic hydroxyl groups is 1. The largest absolute Gasteiger partial charge is 0.486 e. The smallest absolute Gasteiger partial charge is 0.139 e. The highest BCUT2D eigenvalue weighted by Gasteiger charge is 2.30. The van der Waals surface area contributed by atoms with E-state index in [1.54, 1.807) is 0 Å². The molecule has 2 nitrogen and oxygen atoms in total. The zero-order valence-corrected chi connectivity index (χ0v) is 8.21. The molecule has 0 spiro atoms. The summed E-state index contributed by atoms with van der Waals surface area (Å²) in [5.74, 6) is 0.775. The van der Waals surface area contributed by atoms with Crippen LogP contribution < -0.4 is 4.74 Å². The molecule has 0 saturated heterocycles. The van der Waals surface area contributed by atoms with Gasteiger partial charge in [0.2, 0.25) is 0 Å². The molecule has 1 aliphatic heterocycles. The van der Waals surface area contributed by atoms with Crippen molar-refractivity contribution < 1.29 is 9.84 Å². The number of halogens is 1. The van der Waals surface area contributed by atoms with Gasteiger partial charge in [-0.2, -0.15) is 0 Å². The zero-order chi connectivity index (χ0) is 8.72. The summed E-state index contributed by atoms with van der Waals surface area (Å²) < 4.78 is 6.36. The fraction of sp³-hybridized carbons (Fsp3) is 0.333. The van der Waals surface area contributed by atoms with Crippen LogP contribution in [0.4, 0.5) is 0 Å². The van der Waals surface area contributed by atoms with Gasteiger partial charge >= 0.3 is 0 Å². The molecule has 0 saturated carbocycles. The molecule has 2 rings (SSSR count). The van der Waals surface area contributed by atoms with Gasteiger partial charge < -0.3 is 9.84 Å².